The van der Waals surface area contributed by atoms with Gasteiger partial charge in [0.1, 0.15) is 36.5 Å². The molecule has 0 aliphatic carbocycles. The number of thiol groups is 1. The summed E-state index contributed by atoms with van der Waals surface area (Å²) in [5, 5.41) is 2.76. The summed E-state index contributed by atoms with van der Waals surface area (Å²) in [4.78, 5) is 45.9. The highest BCUT2D eigenvalue weighted by molar-refractivity contribution is 8.44. The molecule has 2 unspecified atom stereocenters. The summed E-state index contributed by atoms with van der Waals surface area (Å²) in [6, 6.07) is 0. The number of hydrogen-bond donors (Lipinski definition) is 5. The number of nitrogens with two attached hydrogens (primary N) is 1. The molecule has 6 atom stereocenters. The van der Waals surface area contributed by atoms with Gasteiger partial charge in [-0.1, -0.05) is 12.2 Å². The summed E-state index contributed by atoms with van der Waals surface area (Å²) >= 11 is 9.25. The highest BCUT2D eigenvalue weighted by atomic mass is 32.7. The summed E-state index contributed by atoms with van der Waals surface area (Å²) in [6.07, 6.45) is -2.32. The maximum Gasteiger partial charge on any atom is 0.387 e. The van der Waals surface area contributed by atoms with Crippen LogP contribution >= 0.6 is 25.7 Å². The summed E-state index contributed by atoms with van der Waals surface area (Å²) < 4.78 is 54.5. The van der Waals surface area contributed by atoms with E-state index in [-0.39, 0.29) is 42.6 Å². The van der Waals surface area contributed by atoms with Gasteiger partial charge >= 0.3 is 6.80 Å². The van der Waals surface area contributed by atoms with Crippen LogP contribution in [0, 0.1) is 0 Å². The van der Waals surface area contributed by atoms with Crippen molar-refractivity contribution >= 4 is 65.8 Å². The number of H-pyrrole nitrogens is 1. The van der Waals surface area contributed by atoms with Crippen LogP contribution < -0.4 is 16.4 Å². The van der Waals surface area contributed by atoms with Crippen molar-refractivity contribution in [2.24, 2.45) is 0 Å². The molecule has 0 spiro atoms. The second kappa shape index (κ2) is 10.5. The molecule has 0 saturated carbocycles. The van der Waals surface area contributed by atoms with Gasteiger partial charge in [0.15, 0.2) is 29.2 Å². The summed E-state index contributed by atoms with van der Waals surface area (Å²) in [5.74, 6) is 0.0642. The first kappa shape index (κ1) is 27.8. The Kier molecular flexibility index (Phi) is 7.27. The Morgan fingerprint density at radius 2 is 2.10 bits per heavy atom. The van der Waals surface area contributed by atoms with Crippen molar-refractivity contribution in [3.8, 4) is 0 Å². The average Bonchev–Trinajstić information content (AvgIpc) is 3.55. The molecule has 6 heterocycles. The van der Waals surface area contributed by atoms with E-state index in [0.29, 0.717) is 11.2 Å². The largest absolute Gasteiger partial charge is 0.387 e. The van der Waals surface area contributed by atoms with Gasteiger partial charge in [0.25, 0.3) is 12.2 Å². The smallest absolute Gasteiger partial charge is 0.369 e. The molecule has 0 aromatic carbocycles. The number of hydrogen-bond acceptors (Lipinski definition) is 13. The van der Waals surface area contributed by atoms with Gasteiger partial charge in [0.05, 0.1) is 19.1 Å². The maximum absolute atomic E-state index is 15.8. The van der Waals surface area contributed by atoms with Crippen molar-refractivity contribution in [1.82, 2.24) is 44.1 Å². The van der Waals surface area contributed by atoms with Crippen molar-refractivity contribution in [2.75, 3.05) is 18.9 Å². The van der Waals surface area contributed by atoms with Crippen LogP contribution in [-0.4, -0.2) is 75.5 Å². The molecule has 4 aromatic heterocycles. The molecule has 22 heteroatoms. The monoisotopic (exact) mass is 634 g/mol. The zero-order valence-corrected chi connectivity index (χ0v) is 23.6. The third-order valence-electron chi connectivity index (χ3n) is 6.15. The summed E-state index contributed by atoms with van der Waals surface area (Å²) in [6.45, 7) is -8.42. The Hall–Kier alpha value is -2.38. The minimum absolute atomic E-state index is 0.0401. The molecule has 1 saturated heterocycles. The van der Waals surface area contributed by atoms with Crippen molar-refractivity contribution < 1.29 is 32.2 Å². The molecule has 0 radical (unpaired) electrons. The van der Waals surface area contributed by atoms with Crippen LogP contribution in [0.1, 0.15) is 12.1 Å². The van der Waals surface area contributed by atoms with Crippen LogP contribution in [0.3, 0.4) is 0 Å². The Labute approximate surface area is 233 Å². The third kappa shape index (κ3) is 5.32. The number of nitrogens with zero attached hydrogens (tertiary/aromatic N) is 7. The molecule has 40 heavy (non-hydrogen) atoms. The molecule has 6 rings (SSSR count). The Morgan fingerprint density at radius 3 is 2.92 bits per heavy atom. The molecule has 0 amide bonds. The quantitative estimate of drug-likeness (QED) is 0.143. The van der Waals surface area contributed by atoms with Crippen LogP contribution in [-0.2, 0) is 47.8 Å². The first-order valence-electron chi connectivity index (χ1n) is 11.6. The average molecular weight is 635 g/mol. The molecule has 5 N–H and O–H groups in total. The van der Waals surface area contributed by atoms with Gasteiger partial charge in [-0.05, 0) is 11.8 Å². The number of aromatic amines is 1. The number of nitrogen functional groups attached to an aromatic ring is 1. The summed E-state index contributed by atoms with van der Waals surface area (Å²) in [5.41, 5.74) is 5.79. The predicted octanol–water partition coefficient (Wildman–Crippen LogP) is 0.553. The van der Waals surface area contributed by atoms with Crippen molar-refractivity contribution in [3.63, 3.8) is 0 Å². The highest BCUT2D eigenvalue weighted by Gasteiger charge is 2.51. The molecule has 2 aliphatic rings. The zero-order chi connectivity index (χ0) is 28.2. The zero-order valence-electron chi connectivity index (χ0n) is 20.1. The number of ether oxygens (including phenoxy) is 1. The molecule has 1 fully saturated rings. The minimum Gasteiger partial charge on any atom is -0.369 e. The van der Waals surface area contributed by atoms with E-state index in [1.807, 2.05) is 0 Å². The van der Waals surface area contributed by atoms with Crippen molar-refractivity contribution in [2.45, 2.75) is 37.8 Å². The Morgan fingerprint density at radius 1 is 1.27 bits per heavy atom. The summed E-state index contributed by atoms with van der Waals surface area (Å²) in [7, 11) is 0. The van der Waals surface area contributed by atoms with Crippen LogP contribution in [0.15, 0.2) is 23.6 Å². The molecule has 214 valence electrons. The fourth-order valence-electron chi connectivity index (χ4n) is 4.41. The van der Waals surface area contributed by atoms with Crippen molar-refractivity contribution in [3.05, 3.63) is 35.0 Å². The van der Waals surface area contributed by atoms with E-state index in [1.165, 1.54) is 23.4 Å². The molecule has 17 nitrogen and oxygen atoms in total. The first-order valence-corrected chi connectivity index (χ1v) is 16.9. The minimum atomic E-state index is -4.28. The number of fused-ring (bicyclic) bond motifs is 6. The lowest BCUT2D eigenvalue weighted by molar-refractivity contribution is -0.0434. The molecular weight excluding hydrogens is 613 g/mol. The lowest BCUT2D eigenvalue weighted by Gasteiger charge is -2.24. The standard InChI is InChI=1S/C18H21FN10O7P2S2/c19-11-9-4-33-37(31,39)24-1-2-28-10(25-8-3-21-6-22-14(8)28)5-34-38(32,40)36-13(11)17(35-9)29-7-23-12-15(29)26-18(20)27-16(12)30/h3,6-7,9,11,13,17H,1-2,4-5H2,(H,32,40)(H2,24,31,39)(H3,20,26,27,30)/t9-,11-,13-,17-,37?,38?/m1/s1. The van der Waals surface area contributed by atoms with Gasteiger partial charge in [-0.3, -0.25) is 23.4 Å². The molecule has 2 bridgehead atoms. The number of anilines is 1. The van der Waals surface area contributed by atoms with Crippen LogP contribution in [0.5, 0.6) is 0 Å². The van der Waals surface area contributed by atoms with E-state index in [1.54, 1.807) is 4.57 Å². The number of imidazole rings is 2. The number of halogens is 1. The topological polar surface area (TPSA) is 219 Å². The van der Waals surface area contributed by atoms with E-state index in [0.717, 1.165) is 0 Å². The molecular formula is C18H21FN10O7P2S2. The number of rotatable bonds is 1. The van der Waals surface area contributed by atoms with Gasteiger partial charge in [-0.25, -0.2) is 34.0 Å². The van der Waals surface area contributed by atoms with Gasteiger partial charge in [-0.2, -0.15) is 4.98 Å². The van der Waals surface area contributed by atoms with Crippen molar-refractivity contribution in [1.29, 1.82) is 0 Å². The third-order valence-corrected chi connectivity index (χ3v) is 9.57. The van der Waals surface area contributed by atoms with Crippen LogP contribution in [0.25, 0.3) is 22.3 Å². The molecule has 4 aromatic rings. The lowest BCUT2D eigenvalue weighted by Crippen LogP contribution is -2.32. The number of aromatic nitrogens is 8. The lowest BCUT2D eigenvalue weighted by atomic mass is 10.1. The maximum atomic E-state index is 15.8. The van der Waals surface area contributed by atoms with Crippen LogP contribution in [0.4, 0.5) is 10.3 Å². The van der Waals surface area contributed by atoms with Crippen LogP contribution in [0.2, 0.25) is 0 Å². The van der Waals surface area contributed by atoms with E-state index in [4.69, 9.17) is 35.8 Å². The SMILES string of the molecule is Nc1nc2c(ncn2[C@@H]2O[C@@H]3COP(O)(=S)NCCn4c(nc5cncnc54)COP(=O)(S)O[C@@H]2[C@@H]3F)c(=O)[nH]1. The Balaban J connectivity index is 1.38. The molecule has 2 aliphatic heterocycles. The number of nitrogens with one attached hydrogen (secondary N) is 2. The highest BCUT2D eigenvalue weighted by Crippen LogP contribution is 2.57. The van der Waals surface area contributed by atoms with E-state index in [9.17, 15) is 14.3 Å². The van der Waals surface area contributed by atoms with Gasteiger partial charge in [0, 0.05) is 13.1 Å². The second-order valence-electron chi connectivity index (χ2n) is 8.73. The van der Waals surface area contributed by atoms with E-state index < -0.39 is 50.2 Å². The van der Waals surface area contributed by atoms with E-state index >= 15 is 4.39 Å². The second-order valence-corrected chi connectivity index (χ2v) is 14.7. The van der Waals surface area contributed by atoms with E-state index in [2.05, 4.69) is 47.2 Å². The predicted molar refractivity (Wildman–Crippen MR) is 143 cm³/mol. The fourth-order valence-corrected chi connectivity index (χ4v) is 7.06. The van der Waals surface area contributed by atoms with Gasteiger partial charge < -0.3 is 24.5 Å². The van der Waals surface area contributed by atoms with Gasteiger partial charge in [-0.15, -0.1) is 0 Å². The van der Waals surface area contributed by atoms with Gasteiger partial charge in [0.2, 0.25) is 5.95 Å². The first-order chi connectivity index (χ1) is 19.0. The fraction of sp³-hybridized carbons (Fsp3) is 0.444. The Bertz CT molecular complexity index is 1750. The number of alkyl halides is 1. The normalized spacial score (nSPS) is 32.1.